The molecule has 0 radical (unpaired) electrons. The van der Waals surface area contributed by atoms with Gasteiger partial charge in [-0.15, -0.1) is 0 Å². The number of nitrogens with one attached hydrogen (secondary N) is 1. The van der Waals surface area contributed by atoms with E-state index in [1.165, 1.54) is 30.3 Å². The van der Waals surface area contributed by atoms with Crippen molar-refractivity contribution < 1.29 is 17.6 Å². The molecule has 3 aromatic rings. The van der Waals surface area contributed by atoms with Crippen molar-refractivity contribution in [3.05, 3.63) is 95.3 Å². The Morgan fingerprint density at radius 2 is 1.75 bits per heavy atom. The molecule has 0 aliphatic carbocycles. The van der Waals surface area contributed by atoms with Gasteiger partial charge in [0.05, 0.1) is 16.2 Å². The Kier molecular flexibility index (Phi) is 5.52. The van der Waals surface area contributed by atoms with Crippen LogP contribution in [0.2, 0.25) is 0 Å². The largest absolute Gasteiger partial charge is 0.322 e. The number of nitrogens with zero attached hydrogens (tertiary/aromatic N) is 1. The highest BCUT2D eigenvalue weighted by atomic mass is 32.2. The first kappa shape index (κ1) is 19.3. The summed E-state index contributed by atoms with van der Waals surface area (Å²) in [5.74, 6) is -1.41. The highest BCUT2D eigenvalue weighted by molar-refractivity contribution is 7.90. The number of sulfone groups is 1. The van der Waals surface area contributed by atoms with Gasteiger partial charge in [0.15, 0.2) is 9.84 Å². The standard InChI is InChI=1S/C21H15FN2O3S/c22-20-10-9-18(12-17(20)13-23)24-21(25)16-6-4-5-15(11-16)14-28(26,27)19-7-2-1-3-8-19/h1-12H,14H2,(H,24,25). The first-order valence-corrected chi connectivity index (χ1v) is 9.92. The van der Waals surface area contributed by atoms with Gasteiger partial charge in [0.25, 0.3) is 5.91 Å². The Bertz CT molecular complexity index is 1170. The molecule has 0 saturated carbocycles. The lowest BCUT2D eigenvalue weighted by Gasteiger charge is -2.08. The van der Waals surface area contributed by atoms with E-state index in [1.807, 2.05) is 0 Å². The average Bonchev–Trinajstić information content (AvgIpc) is 2.70. The predicted molar refractivity (Wildman–Crippen MR) is 103 cm³/mol. The molecule has 0 atom stereocenters. The molecule has 0 aliphatic heterocycles. The highest BCUT2D eigenvalue weighted by Crippen LogP contribution is 2.19. The number of benzene rings is 3. The quantitative estimate of drug-likeness (QED) is 0.710. The van der Waals surface area contributed by atoms with Gasteiger partial charge in [-0.05, 0) is 48.0 Å². The Morgan fingerprint density at radius 1 is 1.00 bits per heavy atom. The maximum absolute atomic E-state index is 13.4. The van der Waals surface area contributed by atoms with E-state index in [4.69, 9.17) is 5.26 Å². The van der Waals surface area contributed by atoms with Crippen molar-refractivity contribution in [2.45, 2.75) is 10.6 Å². The molecule has 0 heterocycles. The number of carbonyl (C=O) groups excluding carboxylic acids is 1. The van der Waals surface area contributed by atoms with Gasteiger partial charge in [0.2, 0.25) is 0 Å². The molecule has 0 aromatic heterocycles. The summed E-state index contributed by atoms with van der Waals surface area (Å²) in [6.07, 6.45) is 0. The number of carbonyl (C=O) groups is 1. The fourth-order valence-electron chi connectivity index (χ4n) is 2.62. The van der Waals surface area contributed by atoms with Crippen LogP contribution in [-0.2, 0) is 15.6 Å². The minimum absolute atomic E-state index is 0.180. The van der Waals surface area contributed by atoms with Crippen LogP contribution in [0, 0.1) is 17.1 Å². The summed E-state index contributed by atoms with van der Waals surface area (Å²) in [6.45, 7) is 0. The third-order valence-electron chi connectivity index (χ3n) is 3.99. The van der Waals surface area contributed by atoms with Gasteiger partial charge >= 0.3 is 0 Å². The first-order chi connectivity index (χ1) is 13.4. The highest BCUT2D eigenvalue weighted by Gasteiger charge is 2.16. The molecule has 0 saturated heterocycles. The third kappa shape index (κ3) is 4.42. The van der Waals surface area contributed by atoms with Gasteiger partial charge in [-0.25, -0.2) is 12.8 Å². The van der Waals surface area contributed by atoms with Crippen molar-refractivity contribution >= 4 is 21.4 Å². The molecule has 5 nitrogen and oxygen atoms in total. The maximum atomic E-state index is 13.4. The molecular formula is C21H15FN2O3S. The molecule has 3 rings (SSSR count). The minimum atomic E-state index is -3.54. The summed E-state index contributed by atoms with van der Waals surface area (Å²) >= 11 is 0. The molecule has 140 valence electrons. The van der Waals surface area contributed by atoms with E-state index in [9.17, 15) is 17.6 Å². The van der Waals surface area contributed by atoms with Crippen LogP contribution in [0.3, 0.4) is 0 Å². The zero-order chi connectivity index (χ0) is 20.1. The second-order valence-electron chi connectivity index (χ2n) is 6.03. The Morgan fingerprint density at radius 3 is 2.46 bits per heavy atom. The van der Waals surface area contributed by atoms with Gasteiger partial charge in [0.1, 0.15) is 11.9 Å². The molecule has 0 aliphatic rings. The summed E-state index contributed by atoms with van der Waals surface area (Å²) in [5.41, 5.74) is 0.808. The number of nitriles is 1. The second kappa shape index (κ2) is 8.03. The molecular weight excluding hydrogens is 379 g/mol. The molecule has 0 unspecified atom stereocenters. The Labute approximate surface area is 162 Å². The van der Waals surface area contributed by atoms with Crippen molar-refractivity contribution in [2.24, 2.45) is 0 Å². The van der Waals surface area contributed by atoms with Crippen molar-refractivity contribution in [3.8, 4) is 6.07 Å². The number of hydrogen-bond acceptors (Lipinski definition) is 4. The van der Waals surface area contributed by atoms with Crippen LogP contribution < -0.4 is 5.32 Å². The molecule has 28 heavy (non-hydrogen) atoms. The van der Waals surface area contributed by atoms with E-state index in [-0.39, 0.29) is 27.5 Å². The van der Waals surface area contributed by atoms with Gasteiger partial charge in [0, 0.05) is 11.3 Å². The number of rotatable bonds is 5. The van der Waals surface area contributed by atoms with Crippen molar-refractivity contribution in [1.29, 1.82) is 5.26 Å². The first-order valence-electron chi connectivity index (χ1n) is 8.27. The lowest BCUT2D eigenvalue weighted by molar-refractivity contribution is 0.102. The van der Waals surface area contributed by atoms with E-state index in [2.05, 4.69) is 5.32 Å². The Balaban J connectivity index is 1.79. The van der Waals surface area contributed by atoms with Crippen molar-refractivity contribution in [2.75, 3.05) is 5.32 Å². The number of anilines is 1. The number of amides is 1. The lowest BCUT2D eigenvalue weighted by Crippen LogP contribution is -2.13. The van der Waals surface area contributed by atoms with Gasteiger partial charge in [-0.3, -0.25) is 4.79 Å². The average molecular weight is 394 g/mol. The molecule has 1 amide bonds. The van der Waals surface area contributed by atoms with Crippen LogP contribution in [0.1, 0.15) is 21.5 Å². The van der Waals surface area contributed by atoms with Crippen LogP contribution in [-0.4, -0.2) is 14.3 Å². The summed E-state index contributed by atoms with van der Waals surface area (Å²) in [6, 6.07) is 19.7. The molecule has 1 N–H and O–H groups in total. The topological polar surface area (TPSA) is 87.0 Å². The monoisotopic (exact) mass is 394 g/mol. The summed E-state index contributed by atoms with van der Waals surface area (Å²) in [4.78, 5) is 12.7. The van der Waals surface area contributed by atoms with Crippen LogP contribution in [0.15, 0.2) is 77.7 Å². The van der Waals surface area contributed by atoms with Crippen molar-refractivity contribution in [3.63, 3.8) is 0 Å². The maximum Gasteiger partial charge on any atom is 0.255 e. The van der Waals surface area contributed by atoms with Gasteiger partial charge in [-0.2, -0.15) is 5.26 Å². The van der Waals surface area contributed by atoms with E-state index in [1.54, 1.807) is 42.5 Å². The third-order valence-corrected chi connectivity index (χ3v) is 5.70. The van der Waals surface area contributed by atoms with Crippen LogP contribution in [0.4, 0.5) is 10.1 Å². The van der Waals surface area contributed by atoms with Crippen LogP contribution in [0.5, 0.6) is 0 Å². The number of hydrogen-bond donors (Lipinski definition) is 1. The number of halogens is 1. The zero-order valence-electron chi connectivity index (χ0n) is 14.6. The fraction of sp³-hybridized carbons (Fsp3) is 0.0476. The molecule has 0 bridgehead atoms. The molecule has 0 spiro atoms. The predicted octanol–water partition coefficient (Wildman–Crippen LogP) is 3.92. The second-order valence-corrected chi connectivity index (χ2v) is 8.02. The minimum Gasteiger partial charge on any atom is -0.322 e. The normalized spacial score (nSPS) is 10.9. The van der Waals surface area contributed by atoms with E-state index in [0.29, 0.717) is 5.56 Å². The fourth-order valence-corrected chi connectivity index (χ4v) is 3.98. The van der Waals surface area contributed by atoms with Gasteiger partial charge < -0.3 is 5.32 Å². The van der Waals surface area contributed by atoms with Crippen LogP contribution >= 0.6 is 0 Å². The smallest absolute Gasteiger partial charge is 0.255 e. The summed E-state index contributed by atoms with van der Waals surface area (Å²) in [5, 5.41) is 11.4. The zero-order valence-corrected chi connectivity index (χ0v) is 15.4. The lowest BCUT2D eigenvalue weighted by atomic mass is 10.1. The Hall–Kier alpha value is -3.50. The van der Waals surface area contributed by atoms with Crippen molar-refractivity contribution in [1.82, 2.24) is 0 Å². The summed E-state index contributed by atoms with van der Waals surface area (Å²) < 4.78 is 38.4. The van der Waals surface area contributed by atoms with E-state index in [0.717, 1.165) is 6.07 Å². The van der Waals surface area contributed by atoms with E-state index >= 15 is 0 Å². The summed E-state index contributed by atoms with van der Waals surface area (Å²) in [7, 11) is -3.54. The van der Waals surface area contributed by atoms with Gasteiger partial charge in [-0.1, -0.05) is 30.3 Å². The molecule has 7 heteroatoms. The molecule has 3 aromatic carbocycles. The van der Waals surface area contributed by atoms with Crippen LogP contribution in [0.25, 0.3) is 0 Å². The van der Waals surface area contributed by atoms with E-state index < -0.39 is 21.6 Å². The molecule has 0 fully saturated rings. The SMILES string of the molecule is N#Cc1cc(NC(=O)c2cccc(CS(=O)(=O)c3ccccc3)c2)ccc1F.